The summed E-state index contributed by atoms with van der Waals surface area (Å²) in [7, 11) is 0. The first-order valence-electron chi connectivity index (χ1n) is 7.73. The lowest BCUT2D eigenvalue weighted by molar-refractivity contribution is 0.0159. The lowest BCUT2D eigenvalue weighted by Gasteiger charge is -2.34. The third-order valence-corrected chi connectivity index (χ3v) is 4.29. The highest BCUT2D eigenvalue weighted by atomic mass is 16.6. The molecule has 0 N–H and O–H groups in total. The molecule has 0 bridgehead atoms. The molecule has 1 saturated heterocycles. The molecule has 2 rings (SSSR count). The number of likely N-dealkylation sites (tertiary alicyclic amines) is 1. The molecule has 4 nitrogen and oxygen atoms in total. The van der Waals surface area contributed by atoms with Crippen molar-refractivity contribution in [1.29, 1.82) is 5.26 Å². The quantitative estimate of drug-likeness (QED) is 0.790. The SMILES string of the molecule is CC(C)(C)OC(=O)N1CCCC(CCC2(C#N)CC2)C1. The van der Waals surface area contributed by atoms with Crippen LogP contribution in [-0.2, 0) is 4.74 Å². The van der Waals surface area contributed by atoms with Gasteiger partial charge in [-0.15, -0.1) is 0 Å². The van der Waals surface area contributed by atoms with E-state index in [1.165, 1.54) is 6.42 Å². The summed E-state index contributed by atoms with van der Waals surface area (Å²) in [5, 5.41) is 9.12. The third kappa shape index (κ3) is 4.13. The van der Waals surface area contributed by atoms with Crippen molar-refractivity contribution in [2.24, 2.45) is 11.3 Å². The second-order valence-electron chi connectivity index (χ2n) is 7.37. The summed E-state index contributed by atoms with van der Waals surface area (Å²) >= 11 is 0. The van der Waals surface area contributed by atoms with Gasteiger partial charge in [-0.3, -0.25) is 0 Å². The molecule has 1 saturated carbocycles. The van der Waals surface area contributed by atoms with E-state index in [4.69, 9.17) is 10.00 Å². The van der Waals surface area contributed by atoms with Crippen LogP contribution < -0.4 is 0 Å². The van der Waals surface area contributed by atoms with Crippen molar-refractivity contribution in [2.45, 2.75) is 64.9 Å². The van der Waals surface area contributed by atoms with E-state index in [0.717, 1.165) is 45.2 Å². The van der Waals surface area contributed by atoms with Crippen LogP contribution >= 0.6 is 0 Å². The summed E-state index contributed by atoms with van der Waals surface area (Å²) in [6.07, 6.45) is 6.20. The lowest BCUT2D eigenvalue weighted by atomic mass is 9.89. The molecule has 0 aromatic carbocycles. The predicted molar refractivity (Wildman–Crippen MR) is 77.0 cm³/mol. The Morgan fingerprint density at radius 2 is 2.15 bits per heavy atom. The van der Waals surface area contributed by atoms with Crippen molar-refractivity contribution < 1.29 is 9.53 Å². The highest BCUT2D eigenvalue weighted by molar-refractivity contribution is 5.68. The van der Waals surface area contributed by atoms with Gasteiger partial charge in [-0.2, -0.15) is 5.26 Å². The van der Waals surface area contributed by atoms with Gasteiger partial charge in [-0.1, -0.05) is 0 Å². The van der Waals surface area contributed by atoms with E-state index >= 15 is 0 Å². The highest BCUT2D eigenvalue weighted by Crippen LogP contribution is 2.49. The summed E-state index contributed by atoms with van der Waals surface area (Å²) in [6.45, 7) is 7.29. The van der Waals surface area contributed by atoms with Crippen LogP contribution in [0.3, 0.4) is 0 Å². The van der Waals surface area contributed by atoms with Gasteiger partial charge in [0.05, 0.1) is 11.5 Å². The number of piperidine rings is 1. The minimum Gasteiger partial charge on any atom is -0.444 e. The zero-order chi connectivity index (χ0) is 14.8. The Labute approximate surface area is 122 Å². The van der Waals surface area contributed by atoms with E-state index in [9.17, 15) is 4.79 Å². The maximum Gasteiger partial charge on any atom is 0.410 e. The Bertz CT molecular complexity index is 402. The van der Waals surface area contributed by atoms with Crippen LogP contribution in [0.25, 0.3) is 0 Å². The molecule has 1 heterocycles. The molecule has 0 aromatic heterocycles. The fraction of sp³-hybridized carbons (Fsp3) is 0.875. The molecule has 112 valence electrons. The fourth-order valence-electron chi connectivity index (χ4n) is 2.84. The number of ether oxygens (including phenoxy) is 1. The monoisotopic (exact) mass is 278 g/mol. The maximum atomic E-state index is 12.1. The number of nitriles is 1. The maximum absolute atomic E-state index is 12.1. The van der Waals surface area contributed by atoms with E-state index in [0.29, 0.717) is 5.92 Å². The first kappa shape index (κ1) is 15.2. The summed E-state index contributed by atoms with van der Waals surface area (Å²) in [5.41, 5.74) is -0.447. The third-order valence-electron chi connectivity index (χ3n) is 4.29. The van der Waals surface area contributed by atoms with Crippen LogP contribution in [0, 0.1) is 22.7 Å². The fourth-order valence-corrected chi connectivity index (χ4v) is 2.84. The van der Waals surface area contributed by atoms with Crippen LogP contribution in [0.1, 0.15) is 59.3 Å². The molecule has 20 heavy (non-hydrogen) atoms. The first-order valence-corrected chi connectivity index (χ1v) is 7.73. The van der Waals surface area contributed by atoms with Gasteiger partial charge in [0.2, 0.25) is 0 Å². The van der Waals surface area contributed by atoms with E-state index in [1.807, 2.05) is 25.7 Å². The summed E-state index contributed by atoms with van der Waals surface area (Å²) in [4.78, 5) is 13.9. The van der Waals surface area contributed by atoms with Crippen molar-refractivity contribution in [3.05, 3.63) is 0 Å². The number of nitrogens with zero attached hydrogens (tertiary/aromatic N) is 2. The van der Waals surface area contributed by atoms with E-state index in [1.54, 1.807) is 0 Å². The average molecular weight is 278 g/mol. The number of carbonyl (C=O) groups excluding carboxylic acids is 1. The Balaban J connectivity index is 1.79. The van der Waals surface area contributed by atoms with Gasteiger partial charge in [0.15, 0.2) is 0 Å². The number of rotatable bonds is 3. The lowest BCUT2D eigenvalue weighted by Crippen LogP contribution is -2.42. The van der Waals surface area contributed by atoms with Gasteiger partial charge in [-0.25, -0.2) is 4.79 Å². The normalized spacial score (nSPS) is 24.9. The minimum atomic E-state index is -0.428. The van der Waals surface area contributed by atoms with Crippen molar-refractivity contribution in [1.82, 2.24) is 4.90 Å². The first-order chi connectivity index (χ1) is 9.34. The molecule has 0 radical (unpaired) electrons. The molecule has 1 atom stereocenters. The summed E-state index contributed by atoms with van der Waals surface area (Å²) in [6, 6.07) is 2.45. The van der Waals surface area contributed by atoms with Crippen LogP contribution in [0.15, 0.2) is 0 Å². The minimum absolute atomic E-state index is 0.0196. The molecular weight excluding hydrogens is 252 g/mol. The van der Waals surface area contributed by atoms with Crippen LogP contribution in [0.2, 0.25) is 0 Å². The zero-order valence-corrected chi connectivity index (χ0v) is 12.9. The second kappa shape index (κ2) is 5.63. The molecule has 1 unspecified atom stereocenters. The van der Waals surface area contributed by atoms with Crippen LogP contribution in [0.4, 0.5) is 4.79 Å². The number of hydrogen-bond donors (Lipinski definition) is 0. The molecule has 0 aromatic rings. The molecule has 1 amide bonds. The van der Waals surface area contributed by atoms with E-state index < -0.39 is 5.60 Å². The molecule has 1 aliphatic carbocycles. The van der Waals surface area contributed by atoms with Crippen LogP contribution in [-0.4, -0.2) is 29.7 Å². The van der Waals surface area contributed by atoms with E-state index in [2.05, 4.69) is 6.07 Å². The Kier molecular flexibility index (Phi) is 4.27. The van der Waals surface area contributed by atoms with Gasteiger partial charge in [0.1, 0.15) is 5.60 Å². The van der Waals surface area contributed by atoms with Crippen LogP contribution in [0.5, 0.6) is 0 Å². The zero-order valence-electron chi connectivity index (χ0n) is 12.9. The number of hydrogen-bond acceptors (Lipinski definition) is 3. The van der Waals surface area contributed by atoms with Crippen molar-refractivity contribution in [3.8, 4) is 6.07 Å². The summed E-state index contributed by atoms with van der Waals surface area (Å²) < 4.78 is 5.44. The average Bonchev–Trinajstić information content (AvgIpc) is 3.15. The van der Waals surface area contributed by atoms with Crippen molar-refractivity contribution >= 4 is 6.09 Å². The molecule has 4 heteroatoms. The topological polar surface area (TPSA) is 53.3 Å². The number of carbonyl (C=O) groups is 1. The van der Waals surface area contributed by atoms with Gasteiger partial charge >= 0.3 is 6.09 Å². The largest absolute Gasteiger partial charge is 0.444 e. The van der Waals surface area contributed by atoms with Gasteiger partial charge < -0.3 is 9.64 Å². The molecule has 0 spiro atoms. The predicted octanol–water partition coefficient (Wildman–Crippen LogP) is 3.72. The van der Waals surface area contributed by atoms with E-state index in [-0.39, 0.29) is 11.5 Å². The smallest absolute Gasteiger partial charge is 0.410 e. The molecule has 2 fully saturated rings. The molecule has 2 aliphatic rings. The highest BCUT2D eigenvalue weighted by Gasteiger charge is 2.43. The Morgan fingerprint density at radius 1 is 1.45 bits per heavy atom. The molecular formula is C16H26N2O2. The van der Waals surface area contributed by atoms with Crippen molar-refractivity contribution in [3.63, 3.8) is 0 Å². The Morgan fingerprint density at radius 3 is 2.70 bits per heavy atom. The van der Waals surface area contributed by atoms with Gasteiger partial charge in [0.25, 0.3) is 0 Å². The second-order valence-corrected chi connectivity index (χ2v) is 7.37. The van der Waals surface area contributed by atoms with Gasteiger partial charge in [0, 0.05) is 13.1 Å². The Hall–Kier alpha value is -1.24. The summed E-state index contributed by atoms with van der Waals surface area (Å²) in [5.74, 6) is 0.530. The van der Waals surface area contributed by atoms with Crippen molar-refractivity contribution in [2.75, 3.05) is 13.1 Å². The standard InChI is InChI=1S/C16H26N2O2/c1-15(2,3)20-14(19)18-10-4-5-13(11-18)6-7-16(12-17)8-9-16/h13H,4-11H2,1-3H3. The van der Waals surface area contributed by atoms with Gasteiger partial charge in [-0.05, 0) is 65.2 Å². The number of amides is 1. The molecule has 1 aliphatic heterocycles.